The van der Waals surface area contributed by atoms with Crippen molar-refractivity contribution in [3.63, 3.8) is 0 Å². The zero-order valence-corrected chi connectivity index (χ0v) is 20.0. The van der Waals surface area contributed by atoms with E-state index in [0.717, 1.165) is 11.3 Å². The molecule has 1 aliphatic rings. The number of H-pyrrole nitrogens is 1. The number of rotatable bonds is 7. The SMILES string of the molecule is OC[C@H]1C[C@@H](Nc2nc(Nc3cnc[nH+]c3)ncc2-c2nc(-c3ccccc3)cs2)[C@H](O)[C@@H]1O.[Cl-]. The van der Waals surface area contributed by atoms with Crippen molar-refractivity contribution in [2.45, 2.75) is 24.7 Å². The molecule has 3 aromatic heterocycles. The fraction of sp³-hybridized carbons (Fsp3) is 0.261. The molecule has 0 amide bonds. The van der Waals surface area contributed by atoms with E-state index in [9.17, 15) is 15.3 Å². The van der Waals surface area contributed by atoms with Crippen LogP contribution in [0.2, 0.25) is 0 Å². The van der Waals surface area contributed by atoms with Gasteiger partial charge in [-0.25, -0.2) is 15.0 Å². The summed E-state index contributed by atoms with van der Waals surface area (Å²) in [6.07, 6.45) is 4.94. The normalized spacial score (nSPS) is 21.3. The summed E-state index contributed by atoms with van der Waals surface area (Å²) in [7, 11) is 0. The zero-order valence-electron chi connectivity index (χ0n) is 18.4. The Labute approximate surface area is 211 Å². The number of hydrogen-bond donors (Lipinski definition) is 5. The Morgan fingerprint density at radius 2 is 1.91 bits per heavy atom. The molecule has 6 N–H and O–H groups in total. The van der Waals surface area contributed by atoms with Crippen LogP contribution in [0.5, 0.6) is 0 Å². The van der Waals surface area contributed by atoms with E-state index < -0.39 is 24.2 Å². The topological polar surface area (TPSA) is 150 Å². The van der Waals surface area contributed by atoms with Gasteiger partial charge in [0, 0.05) is 29.7 Å². The first-order valence-corrected chi connectivity index (χ1v) is 11.7. The van der Waals surface area contributed by atoms with Crippen LogP contribution in [0, 0.1) is 5.92 Å². The number of nitrogens with zero attached hydrogens (tertiary/aromatic N) is 4. The second-order valence-corrected chi connectivity index (χ2v) is 8.93. The quantitative estimate of drug-likeness (QED) is 0.204. The lowest BCUT2D eigenvalue weighted by molar-refractivity contribution is -0.381. The standard InChI is InChI=1S/C23H23N7O3S.ClH/c31-10-14-6-17(20(33)19(14)32)28-21-16(9-26-23(30-21)27-15-7-24-12-25-8-15)22-29-18(11-34-22)13-4-2-1-3-5-13;/h1-5,7-9,11-12,14,17,19-20,31-33H,6,10H2,(H2,26,27,28,30);1H/t14-,17-,19-,20+;/m1./s1. The molecule has 1 aliphatic carbocycles. The van der Waals surface area contributed by atoms with Crippen molar-refractivity contribution in [3.8, 4) is 21.8 Å². The molecule has 12 heteroatoms. The summed E-state index contributed by atoms with van der Waals surface area (Å²) in [5.74, 6) is 0.388. The van der Waals surface area contributed by atoms with Gasteiger partial charge in [0.05, 0.1) is 23.4 Å². The highest BCUT2D eigenvalue weighted by molar-refractivity contribution is 7.13. The van der Waals surface area contributed by atoms with Gasteiger partial charge >= 0.3 is 0 Å². The van der Waals surface area contributed by atoms with Crippen molar-refractivity contribution < 1.29 is 32.7 Å². The van der Waals surface area contributed by atoms with Crippen LogP contribution in [0.3, 0.4) is 0 Å². The highest BCUT2D eigenvalue weighted by Crippen LogP contribution is 2.35. The van der Waals surface area contributed by atoms with E-state index in [1.165, 1.54) is 11.3 Å². The Bertz CT molecular complexity index is 1250. The molecule has 5 rings (SSSR count). The molecule has 10 nitrogen and oxygen atoms in total. The lowest BCUT2D eigenvalue weighted by atomic mass is 10.1. The number of aromatic amines is 1. The first-order valence-electron chi connectivity index (χ1n) is 10.8. The van der Waals surface area contributed by atoms with Crippen LogP contribution in [0.4, 0.5) is 17.5 Å². The Kier molecular flexibility index (Phi) is 7.83. The first kappa shape index (κ1) is 24.9. The summed E-state index contributed by atoms with van der Waals surface area (Å²) >= 11 is 1.47. The van der Waals surface area contributed by atoms with Crippen molar-refractivity contribution in [2.75, 3.05) is 17.2 Å². The van der Waals surface area contributed by atoms with Gasteiger partial charge in [-0.05, 0) is 6.42 Å². The van der Waals surface area contributed by atoms with E-state index in [0.29, 0.717) is 34.4 Å². The molecule has 0 radical (unpaired) electrons. The van der Waals surface area contributed by atoms with Gasteiger partial charge in [0.15, 0.2) is 6.20 Å². The van der Waals surface area contributed by atoms with Crippen LogP contribution in [-0.2, 0) is 0 Å². The second-order valence-electron chi connectivity index (χ2n) is 8.07. The molecule has 0 unspecified atom stereocenters. The molecule has 0 aliphatic heterocycles. The molecule has 1 aromatic carbocycles. The van der Waals surface area contributed by atoms with E-state index in [4.69, 9.17) is 4.98 Å². The first-order chi connectivity index (χ1) is 16.6. The number of halogens is 1. The number of benzene rings is 1. The molecule has 182 valence electrons. The van der Waals surface area contributed by atoms with E-state index in [-0.39, 0.29) is 19.0 Å². The molecule has 4 atom stereocenters. The summed E-state index contributed by atoms with van der Waals surface area (Å²) in [4.78, 5) is 20.8. The van der Waals surface area contributed by atoms with Crippen molar-refractivity contribution in [2.24, 2.45) is 5.92 Å². The number of aliphatic hydroxyl groups is 3. The summed E-state index contributed by atoms with van der Waals surface area (Å²) < 4.78 is 0. The molecular weight excluding hydrogens is 490 g/mol. The Balaban J connectivity index is 0.00000289. The fourth-order valence-electron chi connectivity index (χ4n) is 3.99. The van der Waals surface area contributed by atoms with Crippen LogP contribution in [-0.4, -0.2) is 60.1 Å². The predicted octanol–water partition coefficient (Wildman–Crippen LogP) is -1.26. The van der Waals surface area contributed by atoms with Gasteiger partial charge < -0.3 is 38.4 Å². The number of aliphatic hydroxyl groups excluding tert-OH is 3. The van der Waals surface area contributed by atoms with Crippen LogP contribution in [0.1, 0.15) is 6.42 Å². The minimum atomic E-state index is -1.04. The number of aromatic nitrogens is 5. The van der Waals surface area contributed by atoms with Gasteiger partial charge in [-0.3, -0.25) is 0 Å². The monoisotopic (exact) mass is 513 g/mol. The Morgan fingerprint density at radius 1 is 1.09 bits per heavy atom. The van der Waals surface area contributed by atoms with E-state index >= 15 is 0 Å². The third-order valence-corrected chi connectivity index (χ3v) is 6.68. The predicted molar refractivity (Wildman–Crippen MR) is 127 cm³/mol. The molecule has 1 saturated carbocycles. The maximum absolute atomic E-state index is 10.5. The molecule has 1 fully saturated rings. The van der Waals surface area contributed by atoms with E-state index in [2.05, 4.69) is 30.6 Å². The van der Waals surface area contributed by atoms with Crippen molar-refractivity contribution >= 4 is 28.8 Å². The van der Waals surface area contributed by atoms with Crippen molar-refractivity contribution in [1.29, 1.82) is 0 Å². The molecule has 35 heavy (non-hydrogen) atoms. The third kappa shape index (κ3) is 5.39. The number of nitrogens with one attached hydrogen (secondary N) is 3. The largest absolute Gasteiger partial charge is 1.00 e. The fourth-order valence-corrected chi connectivity index (χ4v) is 4.83. The van der Waals surface area contributed by atoms with Gasteiger partial charge in [0.25, 0.3) is 6.33 Å². The van der Waals surface area contributed by atoms with Crippen LogP contribution < -0.4 is 28.0 Å². The second kappa shape index (κ2) is 11.0. The number of thiazole rings is 1. The highest BCUT2D eigenvalue weighted by Gasteiger charge is 2.41. The smallest absolute Gasteiger partial charge is 0.284 e. The molecule has 0 bridgehead atoms. The molecule has 0 spiro atoms. The molecule has 0 saturated heterocycles. The summed E-state index contributed by atoms with van der Waals surface area (Å²) in [6.45, 7) is -0.204. The number of anilines is 3. The number of hydrogen-bond acceptors (Lipinski definition) is 10. The van der Waals surface area contributed by atoms with Crippen LogP contribution in [0.25, 0.3) is 21.8 Å². The van der Waals surface area contributed by atoms with Gasteiger partial charge in [0.1, 0.15) is 28.8 Å². The average Bonchev–Trinajstić information content (AvgIpc) is 3.46. The van der Waals surface area contributed by atoms with Gasteiger partial charge in [-0.1, -0.05) is 35.3 Å². The van der Waals surface area contributed by atoms with Crippen molar-refractivity contribution in [1.82, 2.24) is 19.9 Å². The third-order valence-electron chi connectivity index (χ3n) is 5.81. The summed E-state index contributed by atoms with van der Waals surface area (Å²) in [5, 5.41) is 39.4. The molecule has 3 heterocycles. The Hall–Kier alpha value is -3.22. The zero-order chi connectivity index (χ0) is 23.5. The van der Waals surface area contributed by atoms with Gasteiger partial charge in [0.2, 0.25) is 5.95 Å². The van der Waals surface area contributed by atoms with E-state index in [1.54, 1.807) is 24.9 Å². The Morgan fingerprint density at radius 3 is 2.63 bits per heavy atom. The van der Waals surface area contributed by atoms with Crippen molar-refractivity contribution in [3.05, 3.63) is 60.6 Å². The van der Waals surface area contributed by atoms with Crippen LogP contribution >= 0.6 is 11.3 Å². The maximum atomic E-state index is 10.5. The average molecular weight is 514 g/mol. The summed E-state index contributed by atoms with van der Waals surface area (Å²) in [6, 6.07) is 9.39. The van der Waals surface area contributed by atoms with Gasteiger partial charge in [-0.15, -0.1) is 11.3 Å². The van der Waals surface area contributed by atoms with Gasteiger partial charge in [-0.2, -0.15) is 4.98 Å². The van der Waals surface area contributed by atoms with E-state index in [1.807, 2.05) is 35.7 Å². The summed E-state index contributed by atoms with van der Waals surface area (Å²) in [5.41, 5.74) is 3.20. The minimum Gasteiger partial charge on any atom is -1.00 e. The van der Waals surface area contributed by atoms with Crippen LogP contribution in [0.15, 0.2) is 60.6 Å². The maximum Gasteiger partial charge on any atom is 0.284 e. The highest BCUT2D eigenvalue weighted by atomic mass is 35.5. The molecule has 4 aromatic rings. The minimum absolute atomic E-state index is 0. The molecular formula is C23H24ClN7O3S. The lowest BCUT2D eigenvalue weighted by Gasteiger charge is -2.20. The lowest BCUT2D eigenvalue weighted by Crippen LogP contribution is -3.00.